The molecule has 0 aromatic rings. The summed E-state index contributed by atoms with van der Waals surface area (Å²) in [7, 11) is 2.24. The Balaban J connectivity index is 2.23. The van der Waals surface area contributed by atoms with Crippen molar-refractivity contribution < 1.29 is 9.53 Å². The number of hydrogen-bond donors (Lipinski definition) is 1. The average Bonchev–Trinajstić information content (AvgIpc) is 2.55. The maximum atomic E-state index is 11.9. The monoisotopic (exact) mass is 442 g/mol. The van der Waals surface area contributed by atoms with Gasteiger partial charge in [0.15, 0.2) is 0 Å². The van der Waals surface area contributed by atoms with Crippen LogP contribution in [0.3, 0.4) is 0 Å². The molecule has 1 rings (SSSR count). The van der Waals surface area contributed by atoms with E-state index < -0.39 is 0 Å². The molecule has 0 radical (unpaired) electrons. The summed E-state index contributed by atoms with van der Waals surface area (Å²) >= 11 is 0.729. The molecule has 4 nitrogen and oxygen atoms in total. The van der Waals surface area contributed by atoms with Gasteiger partial charge in [0.2, 0.25) is 0 Å². The van der Waals surface area contributed by atoms with E-state index >= 15 is 0 Å². The van der Waals surface area contributed by atoms with Gasteiger partial charge in [-0.05, 0) is 0 Å². The first-order valence-electron chi connectivity index (χ1n) is 10.2. The zero-order valence-electron chi connectivity index (χ0n) is 16.5. The van der Waals surface area contributed by atoms with Crippen LogP contribution in [0.4, 0.5) is 4.79 Å². The SMILES string of the molecule is CCCCNC(=O)OC(CCC)CCC[CH]([InH2])C1CCN(C)CC1. The van der Waals surface area contributed by atoms with Gasteiger partial charge < -0.3 is 0 Å². The van der Waals surface area contributed by atoms with Gasteiger partial charge in [0, 0.05) is 0 Å². The van der Waals surface area contributed by atoms with Crippen molar-refractivity contribution in [2.45, 2.75) is 81.4 Å². The Kier molecular flexibility index (Phi) is 12.3. The third kappa shape index (κ3) is 9.55. The molecule has 1 N–H and O–H groups in total. The van der Waals surface area contributed by atoms with Gasteiger partial charge in [-0.2, -0.15) is 0 Å². The van der Waals surface area contributed by atoms with Crippen molar-refractivity contribution in [2.24, 2.45) is 5.92 Å². The zero-order chi connectivity index (χ0) is 17.8. The van der Waals surface area contributed by atoms with Gasteiger partial charge in [-0.25, -0.2) is 0 Å². The molecule has 2 atom stereocenters. The minimum absolute atomic E-state index is 0.108. The summed E-state index contributed by atoms with van der Waals surface area (Å²) in [5, 5.41) is 2.87. The first-order valence-corrected chi connectivity index (χ1v) is 13.5. The van der Waals surface area contributed by atoms with Crippen molar-refractivity contribution in [1.29, 1.82) is 0 Å². The fraction of sp³-hybridized carbons (Fsp3) is 0.947. The number of nitrogens with zero attached hydrogens (tertiary/aromatic N) is 1. The average molecular weight is 442 g/mol. The summed E-state index contributed by atoms with van der Waals surface area (Å²) in [6.45, 7) is 7.59. The molecule has 0 spiro atoms. The van der Waals surface area contributed by atoms with Gasteiger partial charge in [-0.3, -0.25) is 0 Å². The number of amides is 1. The van der Waals surface area contributed by atoms with Crippen LogP contribution in [0, 0.1) is 5.92 Å². The third-order valence-electron chi connectivity index (χ3n) is 5.44. The summed E-state index contributed by atoms with van der Waals surface area (Å²) in [5.41, 5.74) is 0. The summed E-state index contributed by atoms with van der Waals surface area (Å²) < 4.78 is 6.64. The zero-order valence-corrected chi connectivity index (χ0v) is 22.2. The Hall–Kier alpha value is 0.100. The predicted octanol–water partition coefficient (Wildman–Crippen LogP) is 3.62. The normalized spacial score (nSPS) is 19.0. The Bertz CT molecular complexity index is 333. The molecule has 0 saturated carbocycles. The second-order valence-electron chi connectivity index (χ2n) is 7.65. The molecule has 0 aromatic carbocycles. The van der Waals surface area contributed by atoms with E-state index in [9.17, 15) is 4.79 Å². The van der Waals surface area contributed by atoms with Crippen molar-refractivity contribution in [3.8, 4) is 0 Å². The van der Waals surface area contributed by atoms with Crippen molar-refractivity contribution >= 4 is 30.5 Å². The molecular weight excluding hydrogens is 403 g/mol. The number of carbonyl (C=O) groups is 1. The van der Waals surface area contributed by atoms with E-state index in [4.69, 9.17) is 4.74 Å². The summed E-state index contributed by atoms with van der Waals surface area (Å²) in [6.07, 6.45) is 10.5. The summed E-state index contributed by atoms with van der Waals surface area (Å²) in [5.74, 6) is 0.972. The molecule has 1 heterocycles. The first kappa shape index (κ1) is 22.1. The van der Waals surface area contributed by atoms with Crippen LogP contribution in [-0.2, 0) is 4.74 Å². The molecule has 0 aromatic heterocycles. The molecule has 1 fully saturated rings. The molecule has 24 heavy (non-hydrogen) atoms. The second-order valence-corrected chi connectivity index (χ2v) is 11.9. The molecule has 1 aliphatic heterocycles. The molecule has 1 aliphatic rings. The van der Waals surface area contributed by atoms with Gasteiger partial charge in [0.1, 0.15) is 0 Å². The number of likely N-dealkylation sites (tertiary alicyclic amines) is 1. The quantitative estimate of drug-likeness (QED) is 0.497. The van der Waals surface area contributed by atoms with E-state index in [0.717, 1.165) is 72.6 Å². The minimum atomic E-state index is -0.218. The molecule has 140 valence electrons. The molecular formula is C19H39InN2O2. The fourth-order valence-electron chi connectivity index (χ4n) is 3.65. The van der Waals surface area contributed by atoms with Crippen LogP contribution in [0.2, 0.25) is 3.67 Å². The van der Waals surface area contributed by atoms with Crippen LogP contribution in [-0.4, -0.2) is 68.2 Å². The van der Waals surface area contributed by atoms with Crippen molar-refractivity contribution in [3.05, 3.63) is 0 Å². The van der Waals surface area contributed by atoms with E-state index in [1.165, 1.54) is 38.8 Å². The standard InChI is InChI=1S/C19H37N2O2.In.2H/c1-4-6-14-20-19(22)23-18(9-5-2)11-8-7-10-17-12-15-21(3)16-13-17;;;/h10,17-18H,4-9,11-16H2,1-3H3,(H,20,22);;;. The maximum absolute atomic E-state index is 11.9. The number of piperidine rings is 1. The van der Waals surface area contributed by atoms with E-state index in [2.05, 4.69) is 31.1 Å². The van der Waals surface area contributed by atoms with Crippen LogP contribution in [0.15, 0.2) is 0 Å². The first-order chi connectivity index (χ1) is 11.6. The molecule has 1 amide bonds. The van der Waals surface area contributed by atoms with E-state index in [1.54, 1.807) is 0 Å². The van der Waals surface area contributed by atoms with E-state index in [0.29, 0.717) is 0 Å². The Labute approximate surface area is 164 Å². The van der Waals surface area contributed by atoms with Crippen LogP contribution < -0.4 is 5.32 Å². The molecule has 0 aliphatic carbocycles. The second kappa shape index (κ2) is 13.3. The molecule has 1 saturated heterocycles. The summed E-state index contributed by atoms with van der Waals surface area (Å²) in [6, 6.07) is 0. The van der Waals surface area contributed by atoms with Crippen molar-refractivity contribution in [3.63, 3.8) is 0 Å². The number of rotatable bonds is 11. The van der Waals surface area contributed by atoms with Crippen LogP contribution in [0.1, 0.15) is 71.6 Å². The fourth-order valence-corrected chi connectivity index (χ4v) is 6.71. The van der Waals surface area contributed by atoms with Gasteiger partial charge in [0.25, 0.3) is 0 Å². The predicted molar refractivity (Wildman–Crippen MR) is 104 cm³/mol. The molecule has 2 unspecified atom stereocenters. The van der Waals surface area contributed by atoms with Crippen LogP contribution in [0.5, 0.6) is 0 Å². The number of unbranched alkanes of at least 4 members (excludes halogenated alkanes) is 1. The molecule has 0 bridgehead atoms. The number of nitrogens with one attached hydrogen (secondary N) is 1. The van der Waals surface area contributed by atoms with E-state index in [-0.39, 0.29) is 12.2 Å². The van der Waals surface area contributed by atoms with Crippen LogP contribution in [0.25, 0.3) is 0 Å². The van der Waals surface area contributed by atoms with E-state index in [1.807, 2.05) is 0 Å². The molecule has 5 heteroatoms. The number of alkyl carbamates (subject to hydrolysis) is 1. The Morgan fingerprint density at radius 2 is 1.88 bits per heavy atom. The van der Waals surface area contributed by atoms with Gasteiger partial charge in [-0.15, -0.1) is 0 Å². The topological polar surface area (TPSA) is 41.6 Å². The van der Waals surface area contributed by atoms with Crippen LogP contribution >= 0.6 is 0 Å². The van der Waals surface area contributed by atoms with Gasteiger partial charge in [-0.1, -0.05) is 0 Å². The number of ether oxygens (including phenoxy) is 1. The number of carbonyl (C=O) groups excluding carboxylic acids is 1. The van der Waals surface area contributed by atoms with Crippen molar-refractivity contribution in [1.82, 2.24) is 10.2 Å². The van der Waals surface area contributed by atoms with Gasteiger partial charge >= 0.3 is 164 Å². The summed E-state index contributed by atoms with van der Waals surface area (Å²) in [4.78, 5) is 14.3. The van der Waals surface area contributed by atoms with Gasteiger partial charge in [0.05, 0.1) is 0 Å². The Morgan fingerprint density at radius 3 is 2.50 bits per heavy atom. The van der Waals surface area contributed by atoms with Crippen molar-refractivity contribution in [2.75, 3.05) is 26.7 Å². The Morgan fingerprint density at radius 1 is 1.17 bits per heavy atom. The third-order valence-corrected chi connectivity index (χ3v) is 9.78. The number of hydrogen-bond acceptors (Lipinski definition) is 3.